The Balaban J connectivity index is 1.92. The third-order valence-corrected chi connectivity index (χ3v) is 4.21. The molecular weight excluding hydrogens is 345 g/mol. The molecule has 0 aliphatic rings. The van der Waals surface area contributed by atoms with Crippen molar-refractivity contribution in [2.75, 3.05) is 0 Å². The zero-order valence-electron chi connectivity index (χ0n) is 13.3. The summed E-state index contributed by atoms with van der Waals surface area (Å²) in [6, 6.07) is 10.9. The Kier molecular flexibility index (Phi) is 4.81. The number of amides is 1. The standard InChI is InChI=1S/C18H15ClFN3O2/c1-2-14(10-6-8-11(19)9-7-10)21-18(25)16-17(24)12-4-3-5-13(20)15(12)22-23-16/h3-9,14H,2H2,1H3,(H,21,25)(H,22,24). The van der Waals surface area contributed by atoms with Gasteiger partial charge in [0.25, 0.3) is 5.91 Å². The first-order valence-electron chi connectivity index (χ1n) is 7.74. The van der Waals surface area contributed by atoms with Crippen molar-refractivity contribution in [3.63, 3.8) is 0 Å². The van der Waals surface area contributed by atoms with Gasteiger partial charge in [0.05, 0.1) is 11.4 Å². The molecule has 7 heteroatoms. The number of rotatable bonds is 4. The van der Waals surface area contributed by atoms with Gasteiger partial charge in [-0.3, -0.25) is 14.7 Å². The fourth-order valence-corrected chi connectivity index (χ4v) is 2.74. The second-order valence-electron chi connectivity index (χ2n) is 5.55. The third-order valence-electron chi connectivity index (χ3n) is 3.95. The number of nitrogens with one attached hydrogen (secondary N) is 2. The number of hydrogen-bond acceptors (Lipinski definition) is 3. The van der Waals surface area contributed by atoms with E-state index in [4.69, 9.17) is 11.6 Å². The van der Waals surface area contributed by atoms with Crippen molar-refractivity contribution in [3.05, 3.63) is 74.8 Å². The lowest BCUT2D eigenvalue weighted by Crippen LogP contribution is -2.33. The van der Waals surface area contributed by atoms with Crippen LogP contribution in [-0.4, -0.2) is 16.1 Å². The summed E-state index contributed by atoms with van der Waals surface area (Å²) in [4.78, 5) is 24.9. The molecule has 0 aliphatic carbocycles. The monoisotopic (exact) mass is 359 g/mol. The molecule has 25 heavy (non-hydrogen) atoms. The Morgan fingerprint density at radius 2 is 2.00 bits per heavy atom. The molecular formula is C18H15ClFN3O2. The van der Waals surface area contributed by atoms with E-state index in [2.05, 4.69) is 15.5 Å². The highest BCUT2D eigenvalue weighted by Gasteiger charge is 2.20. The van der Waals surface area contributed by atoms with Crippen molar-refractivity contribution in [1.82, 2.24) is 15.5 Å². The Morgan fingerprint density at radius 1 is 1.28 bits per heavy atom. The topological polar surface area (TPSA) is 74.8 Å². The van der Waals surface area contributed by atoms with Gasteiger partial charge in [0.15, 0.2) is 5.69 Å². The van der Waals surface area contributed by atoms with Crippen LogP contribution in [-0.2, 0) is 0 Å². The molecule has 1 amide bonds. The minimum Gasteiger partial charge on any atom is -0.344 e. The van der Waals surface area contributed by atoms with Crippen LogP contribution in [0.2, 0.25) is 5.02 Å². The molecule has 0 spiro atoms. The van der Waals surface area contributed by atoms with Crippen LogP contribution in [0.3, 0.4) is 0 Å². The second kappa shape index (κ2) is 7.03. The molecule has 1 aromatic heterocycles. The number of H-pyrrole nitrogens is 1. The zero-order chi connectivity index (χ0) is 18.0. The number of hydrogen-bond donors (Lipinski definition) is 2. The van der Waals surface area contributed by atoms with E-state index in [1.54, 1.807) is 12.1 Å². The van der Waals surface area contributed by atoms with E-state index in [0.29, 0.717) is 11.4 Å². The maximum atomic E-state index is 13.7. The average molecular weight is 360 g/mol. The van der Waals surface area contributed by atoms with Crippen molar-refractivity contribution >= 4 is 28.4 Å². The number of para-hydroxylation sites is 1. The lowest BCUT2D eigenvalue weighted by Gasteiger charge is -2.17. The SMILES string of the molecule is CCC(NC(=O)c1n[nH]c2c(F)cccc2c1=O)c1ccc(Cl)cc1. The molecule has 0 radical (unpaired) electrons. The fourth-order valence-electron chi connectivity index (χ4n) is 2.61. The van der Waals surface area contributed by atoms with Gasteiger partial charge < -0.3 is 5.32 Å². The van der Waals surface area contributed by atoms with E-state index in [9.17, 15) is 14.0 Å². The molecule has 3 aromatic rings. The third kappa shape index (κ3) is 3.39. The van der Waals surface area contributed by atoms with Crippen LogP contribution < -0.4 is 10.7 Å². The Bertz CT molecular complexity index is 986. The van der Waals surface area contributed by atoms with E-state index in [-0.39, 0.29) is 22.6 Å². The lowest BCUT2D eigenvalue weighted by molar-refractivity contribution is 0.0928. The quantitative estimate of drug-likeness (QED) is 0.747. The summed E-state index contributed by atoms with van der Waals surface area (Å²) >= 11 is 5.88. The molecule has 128 valence electrons. The van der Waals surface area contributed by atoms with Gasteiger partial charge in [-0.1, -0.05) is 36.7 Å². The van der Waals surface area contributed by atoms with Crippen molar-refractivity contribution in [3.8, 4) is 0 Å². The molecule has 1 heterocycles. The van der Waals surface area contributed by atoms with E-state index >= 15 is 0 Å². The molecule has 0 fully saturated rings. The lowest BCUT2D eigenvalue weighted by atomic mass is 10.0. The van der Waals surface area contributed by atoms with Crippen LogP contribution in [0.1, 0.15) is 35.4 Å². The number of aromatic nitrogens is 2. The van der Waals surface area contributed by atoms with Gasteiger partial charge in [0.2, 0.25) is 5.43 Å². The van der Waals surface area contributed by atoms with Crippen LogP contribution in [0.25, 0.3) is 10.9 Å². The Morgan fingerprint density at radius 3 is 2.68 bits per heavy atom. The summed E-state index contributed by atoms with van der Waals surface area (Å²) in [6.45, 7) is 1.91. The van der Waals surface area contributed by atoms with Gasteiger partial charge >= 0.3 is 0 Å². The van der Waals surface area contributed by atoms with Crippen LogP contribution in [0, 0.1) is 5.82 Å². The highest BCUT2D eigenvalue weighted by atomic mass is 35.5. The van der Waals surface area contributed by atoms with Gasteiger partial charge in [-0.05, 0) is 36.2 Å². The molecule has 0 saturated heterocycles. The fraction of sp³-hybridized carbons (Fsp3) is 0.167. The minimum atomic E-state index is -0.616. The van der Waals surface area contributed by atoms with E-state index in [0.717, 1.165) is 5.56 Å². The molecule has 1 unspecified atom stereocenters. The first-order valence-corrected chi connectivity index (χ1v) is 8.12. The maximum absolute atomic E-state index is 13.7. The first-order chi connectivity index (χ1) is 12.0. The number of aromatic amines is 1. The van der Waals surface area contributed by atoms with Crippen molar-refractivity contribution < 1.29 is 9.18 Å². The second-order valence-corrected chi connectivity index (χ2v) is 5.99. The van der Waals surface area contributed by atoms with Gasteiger partial charge in [0.1, 0.15) is 11.3 Å². The summed E-state index contributed by atoms with van der Waals surface area (Å²) in [5, 5.41) is 9.66. The highest BCUT2D eigenvalue weighted by molar-refractivity contribution is 6.30. The van der Waals surface area contributed by atoms with E-state index in [1.807, 2.05) is 19.1 Å². The molecule has 2 N–H and O–H groups in total. The molecule has 3 rings (SSSR count). The summed E-state index contributed by atoms with van der Waals surface area (Å²) in [5.41, 5.74) is -0.0699. The van der Waals surface area contributed by atoms with Gasteiger partial charge in [-0.25, -0.2) is 4.39 Å². The van der Waals surface area contributed by atoms with Crippen LogP contribution in [0.5, 0.6) is 0 Å². The van der Waals surface area contributed by atoms with E-state index < -0.39 is 17.2 Å². The van der Waals surface area contributed by atoms with Gasteiger partial charge in [-0.15, -0.1) is 0 Å². The number of carbonyl (C=O) groups is 1. The normalized spacial score (nSPS) is 12.1. The number of fused-ring (bicyclic) bond motifs is 1. The summed E-state index contributed by atoms with van der Waals surface area (Å²) in [6.07, 6.45) is 0.619. The summed E-state index contributed by atoms with van der Waals surface area (Å²) in [7, 11) is 0. The maximum Gasteiger partial charge on any atom is 0.276 e. The van der Waals surface area contributed by atoms with Gasteiger partial charge in [0, 0.05) is 5.02 Å². The van der Waals surface area contributed by atoms with Crippen molar-refractivity contribution in [1.29, 1.82) is 0 Å². The number of halogens is 2. The predicted molar refractivity (Wildman–Crippen MR) is 94.3 cm³/mol. The Labute approximate surface area is 147 Å². The molecule has 0 aliphatic heterocycles. The molecule has 0 bridgehead atoms. The largest absolute Gasteiger partial charge is 0.344 e. The van der Waals surface area contributed by atoms with E-state index in [1.165, 1.54) is 18.2 Å². The number of benzene rings is 2. The van der Waals surface area contributed by atoms with Crippen LogP contribution in [0.4, 0.5) is 4.39 Å². The van der Waals surface area contributed by atoms with Crippen LogP contribution in [0.15, 0.2) is 47.3 Å². The first kappa shape index (κ1) is 17.1. The van der Waals surface area contributed by atoms with Crippen molar-refractivity contribution in [2.24, 2.45) is 0 Å². The van der Waals surface area contributed by atoms with Crippen molar-refractivity contribution in [2.45, 2.75) is 19.4 Å². The summed E-state index contributed by atoms with van der Waals surface area (Å²) < 4.78 is 13.7. The summed E-state index contributed by atoms with van der Waals surface area (Å²) in [5.74, 6) is -1.21. The Hall–Kier alpha value is -2.73. The average Bonchev–Trinajstić information content (AvgIpc) is 2.61. The zero-order valence-corrected chi connectivity index (χ0v) is 14.1. The molecule has 5 nitrogen and oxygen atoms in total. The molecule has 0 saturated carbocycles. The predicted octanol–water partition coefficient (Wildman–Crippen LogP) is 3.60. The van der Waals surface area contributed by atoms with Gasteiger partial charge in [-0.2, -0.15) is 5.10 Å². The van der Waals surface area contributed by atoms with Crippen LogP contribution >= 0.6 is 11.6 Å². The smallest absolute Gasteiger partial charge is 0.276 e. The minimum absolute atomic E-state index is 0.0196. The molecule has 2 aromatic carbocycles. The number of carbonyl (C=O) groups excluding carboxylic acids is 1. The highest BCUT2D eigenvalue weighted by Crippen LogP contribution is 2.19. The molecule has 1 atom stereocenters. The number of nitrogens with zero attached hydrogens (tertiary/aromatic N) is 1.